The quantitative estimate of drug-likeness (QED) is 0.186. The summed E-state index contributed by atoms with van der Waals surface area (Å²) < 4.78 is 11.0. The van der Waals surface area contributed by atoms with Gasteiger partial charge in [-0.15, -0.1) is 24.0 Å². The lowest BCUT2D eigenvalue weighted by Crippen LogP contribution is -2.41. The van der Waals surface area contributed by atoms with E-state index in [1.54, 1.807) is 38.4 Å². The second kappa shape index (κ2) is 14.5. The molecule has 2 aromatic carbocycles. The lowest BCUT2D eigenvalue weighted by molar-refractivity contribution is 0.0954. The third-order valence-corrected chi connectivity index (χ3v) is 4.41. The monoisotopic (exact) mass is 540 g/mol. The van der Waals surface area contributed by atoms with Gasteiger partial charge in [-0.25, -0.2) is 0 Å². The molecule has 1 amide bonds. The van der Waals surface area contributed by atoms with Crippen LogP contribution in [0, 0.1) is 6.92 Å². The highest BCUT2D eigenvalue weighted by Gasteiger charge is 2.07. The van der Waals surface area contributed by atoms with Gasteiger partial charge >= 0.3 is 0 Å². The summed E-state index contributed by atoms with van der Waals surface area (Å²) in [5.74, 6) is 2.15. The minimum absolute atomic E-state index is 0. The summed E-state index contributed by atoms with van der Waals surface area (Å²) >= 11 is 0. The zero-order valence-corrected chi connectivity index (χ0v) is 21.0. The van der Waals surface area contributed by atoms with E-state index in [-0.39, 0.29) is 29.9 Å². The minimum atomic E-state index is -0.125. The van der Waals surface area contributed by atoms with Gasteiger partial charge in [0.05, 0.1) is 13.7 Å². The van der Waals surface area contributed by atoms with Crippen LogP contribution in [-0.2, 0) is 6.54 Å². The van der Waals surface area contributed by atoms with E-state index in [1.165, 1.54) is 5.56 Å². The maximum absolute atomic E-state index is 12.2. The Morgan fingerprint density at radius 3 is 2.39 bits per heavy atom. The number of hydrogen-bond donors (Lipinski definition) is 3. The van der Waals surface area contributed by atoms with Crippen molar-refractivity contribution in [1.82, 2.24) is 16.0 Å². The van der Waals surface area contributed by atoms with Crippen LogP contribution in [0.2, 0.25) is 0 Å². The summed E-state index contributed by atoms with van der Waals surface area (Å²) in [5.41, 5.74) is 2.84. The number of ether oxygens (including phenoxy) is 2. The third kappa shape index (κ3) is 9.04. The Bertz CT molecular complexity index is 841. The van der Waals surface area contributed by atoms with Crippen LogP contribution < -0.4 is 25.4 Å². The van der Waals surface area contributed by atoms with E-state index >= 15 is 0 Å². The lowest BCUT2D eigenvalue weighted by atomic mass is 10.1. The van der Waals surface area contributed by atoms with E-state index < -0.39 is 0 Å². The van der Waals surface area contributed by atoms with Gasteiger partial charge < -0.3 is 25.4 Å². The maximum atomic E-state index is 12.2. The molecule has 0 aliphatic carbocycles. The molecular formula is C23H33IN4O3. The average molecular weight is 540 g/mol. The summed E-state index contributed by atoms with van der Waals surface area (Å²) in [6, 6.07) is 13.2. The summed E-state index contributed by atoms with van der Waals surface area (Å²) in [6.45, 7) is 6.45. The van der Waals surface area contributed by atoms with Crippen molar-refractivity contribution in [2.45, 2.75) is 26.8 Å². The van der Waals surface area contributed by atoms with Gasteiger partial charge in [0.1, 0.15) is 11.5 Å². The molecule has 3 N–H and O–H groups in total. The van der Waals surface area contributed by atoms with Crippen molar-refractivity contribution in [3.8, 4) is 11.5 Å². The molecule has 7 nitrogen and oxygen atoms in total. The molecule has 0 saturated heterocycles. The summed E-state index contributed by atoms with van der Waals surface area (Å²) in [5, 5.41) is 9.37. The number of hydrogen-bond acceptors (Lipinski definition) is 4. The number of methoxy groups -OCH3 is 1. The molecule has 0 radical (unpaired) electrons. The number of rotatable bonds is 10. The Labute approximate surface area is 202 Å². The van der Waals surface area contributed by atoms with Gasteiger partial charge in [-0.1, -0.05) is 19.1 Å². The maximum Gasteiger partial charge on any atom is 0.251 e. The molecule has 8 heteroatoms. The summed E-state index contributed by atoms with van der Waals surface area (Å²) in [7, 11) is 3.31. The molecule has 2 rings (SSSR count). The molecule has 0 bridgehead atoms. The molecule has 0 spiro atoms. The number of nitrogens with one attached hydrogen (secondary N) is 3. The fourth-order valence-electron chi connectivity index (χ4n) is 2.76. The molecule has 0 saturated carbocycles. The van der Waals surface area contributed by atoms with Crippen LogP contribution in [-0.4, -0.2) is 45.7 Å². The van der Waals surface area contributed by atoms with Crippen LogP contribution in [0.15, 0.2) is 47.5 Å². The second-order valence-electron chi connectivity index (χ2n) is 6.80. The Morgan fingerprint density at radius 2 is 1.74 bits per heavy atom. The molecular weight excluding hydrogens is 507 g/mol. The van der Waals surface area contributed by atoms with E-state index in [0.29, 0.717) is 37.8 Å². The number of benzene rings is 2. The fraction of sp³-hybridized carbons (Fsp3) is 0.391. The number of guanidine groups is 1. The van der Waals surface area contributed by atoms with Crippen LogP contribution in [0.3, 0.4) is 0 Å². The van der Waals surface area contributed by atoms with Gasteiger partial charge in [-0.2, -0.15) is 0 Å². The number of amides is 1. The van der Waals surface area contributed by atoms with Crippen LogP contribution in [0.4, 0.5) is 0 Å². The first-order valence-corrected chi connectivity index (χ1v) is 10.2. The summed E-state index contributed by atoms with van der Waals surface area (Å²) in [6.07, 6.45) is 0.965. The molecule has 0 unspecified atom stereocenters. The number of aliphatic imine (C=N–C) groups is 1. The van der Waals surface area contributed by atoms with Crippen molar-refractivity contribution >= 4 is 35.8 Å². The van der Waals surface area contributed by atoms with Gasteiger partial charge in [0.15, 0.2) is 5.96 Å². The molecule has 0 heterocycles. The zero-order valence-electron chi connectivity index (χ0n) is 18.7. The fourth-order valence-corrected chi connectivity index (χ4v) is 2.76. The van der Waals surface area contributed by atoms with Crippen LogP contribution in [0.1, 0.15) is 34.8 Å². The van der Waals surface area contributed by atoms with Crippen molar-refractivity contribution < 1.29 is 14.3 Å². The Kier molecular flexibility index (Phi) is 12.4. The number of nitrogens with zero attached hydrogens (tertiary/aromatic N) is 1. The Hall–Kier alpha value is -2.49. The second-order valence-corrected chi connectivity index (χ2v) is 6.80. The lowest BCUT2D eigenvalue weighted by Gasteiger charge is -2.15. The van der Waals surface area contributed by atoms with Crippen LogP contribution in [0.25, 0.3) is 0 Å². The molecule has 31 heavy (non-hydrogen) atoms. The van der Waals surface area contributed by atoms with Crippen molar-refractivity contribution in [3.05, 3.63) is 59.2 Å². The average Bonchev–Trinajstić information content (AvgIpc) is 2.77. The SMILES string of the molecule is CCCOc1cc(C)ccc1CNC(=NC)NCCNC(=O)c1ccc(OC)cc1.I. The molecule has 0 aliphatic heterocycles. The van der Waals surface area contributed by atoms with Gasteiger partial charge in [0.25, 0.3) is 5.91 Å². The molecule has 0 fully saturated rings. The number of carbonyl (C=O) groups is 1. The van der Waals surface area contributed by atoms with Gasteiger partial charge in [0, 0.05) is 37.8 Å². The highest BCUT2D eigenvalue weighted by molar-refractivity contribution is 14.0. The van der Waals surface area contributed by atoms with E-state index in [2.05, 4.69) is 53.0 Å². The molecule has 2 aromatic rings. The Balaban J connectivity index is 0.00000480. The van der Waals surface area contributed by atoms with Crippen molar-refractivity contribution in [3.63, 3.8) is 0 Å². The Morgan fingerprint density at radius 1 is 1.03 bits per heavy atom. The van der Waals surface area contributed by atoms with Crippen molar-refractivity contribution in [1.29, 1.82) is 0 Å². The number of halogens is 1. The zero-order chi connectivity index (χ0) is 21.8. The molecule has 0 aromatic heterocycles. The summed E-state index contributed by atoms with van der Waals surface area (Å²) in [4.78, 5) is 16.4. The van der Waals surface area contributed by atoms with E-state index in [1.807, 2.05) is 0 Å². The van der Waals surface area contributed by atoms with Crippen LogP contribution >= 0.6 is 24.0 Å². The third-order valence-electron chi connectivity index (χ3n) is 4.41. The normalized spacial score (nSPS) is 10.6. The topological polar surface area (TPSA) is 84.0 Å². The van der Waals surface area contributed by atoms with Gasteiger partial charge in [-0.05, 0) is 49.2 Å². The van der Waals surface area contributed by atoms with E-state index in [0.717, 1.165) is 23.5 Å². The molecule has 0 aliphatic rings. The number of aryl methyl sites for hydroxylation is 1. The standard InChI is InChI=1S/C23H32N4O3.HI/c1-5-14-30-21-15-17(2)6-7-19(21)16-27-23(24-3)26-13-12-25-22(28)18-8-10-20(29-4)11-9-18;/h6-11,15H,5,12-14,16H2,1-4H3,(H,25,28)(H2,24,26,27);1H. The number of carbonyl (C=O) groups excluding carboxylic acids is 1. The predicted octanol–water partition coefficient (Wildman–Crippen LogP) is 3.51. The van der Waals surface area contributed by atoms with Crippen molar-refractivity contribution in [2.75, 3.05) is 33.9 Å². The van der Waals surface area contributed by atoms with Crippen molar-refractivity contribution in [2.24, 2.45) is 4.99 Å². The molecule has 0 atom stereocenters. The van der Waals surface area contributed by atoms with E-state index in [9.17, 15) is 4.79 Å². The largest absolute Gasteiger partial charge is 0.497 e. The first-order chi connectivity index (χ1) is 14.6. The van der Waals surface area contributed by atoms with Gasteiger partial charge in [0.2, 0.25) is 0 Å². The predicted molar refractivity (Wildman–Crippen MR) is 136 cm³/mol. The van der Waals surface area contributed by atoms with Gasteiger partial charge in [-0.3, -0.25) is 9.79 Å². The smallest absolute Gasteiger partial charge is 0.251 e. The highest BCUT2D eigenvalue weighted by Crippen LogP contribution is 2.20. The first-order valence-electron chi connectivity index (χ1n) is 10.2. The molecule has 170 valence electrons. The minimum Gasteiger partial charge on any atom is -0.497 e. The first kappa shape index (κ1) is 26.5. The van der Waals surface area contributed by atoms with Crippen LogP contribution in [0.5, 0.6) is 11.5 Å². The highest BCUT2D eigenvalue weighted by atomic mass is 127. The van der Waals surface area contributed by atoms with E-state index in [4.69, 9.17) is 9.47 Å².